The molecule has 1 aliphatic heterocycles. The van der Waals surface area contributed by atoms with Gasteiger partial charge in [0.15, 0.2) is 0 Å². The maximum absolute atomic E-state index is 11.5. The second kappa shape index (κ2) is 3.12. The lowest BCUT2D eigenvalue weighted by Crippen LogP contribution is -2.34. The summed E-state index contributed by atoms with van der Waals surface area (Å²) in [6, 6.07) is 8.44. The molecule has 1 amide bonds. The Hall–Kier alpha value is -1.31. The van der Waals surface area contributed by atoms with Gasteiger partial charge in [0.05, 0.1) is 0 Å². The predicted octanol–water partition coefficient (Wildman–Crippen LogP) is 2.55. The van der Waals surface area contributed by atoms with Crippen molar-refractivity contribution in [3.8, 4) is 0 Å². The van der Waals surface area contributed by atoms with Gasteiger partial charge < -0.3 is 4.90 Å². The number of anilines is 1. The number of hydrogen-bond acceptors (Lipinski definition) is 1. The molecule has 0 unspecified atom stereocenters. The highest BCUT2D eigenvalue weighted by atomic mass is 16.2. The molecule has 0 fully saturated rings. The van der Waals surface area contributed by atoms with E-state index < -0.39 is 0 Å². The molecule has 1 heterocycles. The molecule has 0 radical (unpaired) electrons. The summed E-state index contributed by atoms with van der Waals surface area (Å²) in [5.41, 5.74) is 2.37. The Labute approximate surface area is 84.5 Å². The van der Waals surface area contributed by atoms with Gasteiger partial charge in [0.2, 0.25) is 5.91 Å². The number of carbonyl (C=O) groups excluding carboxylic acids is 1. The molecule has 2 rings (SSSR count). The standard InChI is InChI=1S/C12H15NO/c1-8-9(2)13(10(3)14)12-7-5-4-6-11(8)12/h4-9H,1-3H3/t8-,9-/m1/s1. The summed E-state index contributed by atoms with van der Waals surface area (Å²) in [5, 5.41) is 0. The van der Waals surface area contributed by atoms with E-state index in [-0.39, 0.29) is 11.9 Å². The molecule has 1 aromatic rings. The van der Waals surface area contributed by atoms with Crippen LogP contribution in [0.2, 0.25) is 0 Å². The summed E-state index contributed by atoms with van der Waals surface area (Å²) in [5.74, 6) is 0.574. The number of rotatable bonds is 0. The zero-order valence-electron chi connectivity index (χ0n) is 8.82. The van der Waals surface area contributed by atoms with Crippen molar-refractivity contribution in [1.82, 2.24) is 0 Å². The van der Waals surface area contributed by atoms with Crippen molar-refractivity contribution in [1.29, 1.82) is 0 Å². The van der Waals surface area contributed by atoms with Crippen molar-refractivity contribution in [2.75, 3.05) is 4.90 Å². The fourth-order valence-electron chi connectivity index (χ4n) is 2.25. The minimum atomic E-state index is 0.134. The van der Waals surface area contributed by atoms with Crippen molar-refractivity contribution in [2.24, 2.45) is 0 Å². The van der Waals surface area contributed by atoms with E-state index in [0.717, 1.165) is 5.69 Å². The van der Waals surface area contributed by atoms with Crippen molar-refractivity contribution < 1.29 is 4.79 Å². The molecule has 0 spiro atoms. The monoisotopic (exact) mass is 189 g/mol. The molecule has 0 bridgehead atoms. The van der Waals surface area contributed by atoms with Crippen LogP contribution in [0.5, 0.6) is 0 Å². The highest BCUT2D eigenvalue weighted by Crippen LogP contribution is 2.40. The van der Waals surface area contributed by atoms with Crippen molar-refractivity contribution in [3.05, 3.63) is 29.8 Å². The highest BCUT2D eigenvalue weighted by Gasteiger charge is 2.34. The second-order valence-electron chi connectivity index (χ2n) is 3.98. The van der Waals surface area contributed by atoms with Gasteiger partial charge in [-0.05, 0) is 18.6 Å². The molecule has 0 aliphatic carbocycles. The third kappa shape index (κ3) is 1.14. The molecule has 2 heteroatoms. The van der Waals surface area contributed by atoms with Gasteiger partial charge in [0, 0.05) is 24.6 Å². The van der Waals surface area contributed by atoms with Crippen LogP contribution in [0.4, 0.5) is 5.69 Å². The van der Waals surface area contributed by atoms with Crippen molar-refractivity contribution >= 4 is 11.6 Å². The van der Waals surface area contributed by atoms with Crippen molar-refractivity contribution in [3.63, 3.8) is 0 Å². The average Bonchev–Trinajstić information content (AvgIpc) is 2.41. The SMILES string of the molecule is CC(=O)N1c2ccccc2[C@H](C)[C@H]1C. The molecule has 0 aromatic heterocycles. The van der Waals surface area contributed by atoms with E-state index in [9.17, 15) is 4.79 Å². The van der Waals surface area contributed by atoms with Crippen LogP contribution in [0.3, 0.4) is 0 Å². The molecule has 0 saturated heterocycles. The molecule has 2 nitrogen and oxygen atoms in total. The van der Waals surface area contributed by atoms with Crippen LogP contribution in [0.25, 0.3) is 0 Å². The molecule has 0 saturated carbocycles. The van der Waals surface area contributed by atoms with Gasteiger partial charge in [0.1, 0.15) is 0 Å². The van der Waals surface area contributed by atoms with Gasteiger partial charge in [-0.15, -0.1) is 0 Å². The molecule has 0 N–H and O–H groups in total. The highest BCUT2D eigenvalue weighted by molar-refractivity contribution is 5.94. The van der Waals surface area contributed by atoms with Gasteiger partial charge in [-0.25, -0.2) is 0 Å². The number of fused-ring (bicyclic) bond motifs is 1. The third-order valence-electron chi connectivity index (χ3n) is 3.16. The maximum Gasteiger partial charge on any atom is 0.224 e. The first kappa shape index (κ1) is 9.25. The smallest absolute Gasteiger partial charge is 0.224 e. The maximum atomic E-state index is 11.5. The zero-order chi connectivity index (χ0) is 10.3. The van der Waals surface area contributed by atoms with Gasteiger partial charge in [-0.2, -0.15) is 0 Å². The van der Waals surface area contributed by atoms with Crippen LogP contribution in [0, 0.1) is 0 Å². The first-order chi connectivity index (χ1) is 6.63. The molecule has 2 atom stereocenters. The zero-order valence-corrected chi connectivity index (χ0v) is 8.82. The summed E-state index contributed by atoms with van der Waals surface area (Å²) < 4.78 is 0. The largest absolute Gasteiger partial charge is 0.309 e. The van der Waals surface area contributed by atoms with Crippen LogP contribution in [0.15, 0.2) is 24.3 Å². The first-order valence-electron chi connectivity index (χ1n) is 5.01. The summed E-state index contributed by atoms with van der Waals surface area (Å²) in [6.07, 6.45) is 0. The Morgan fingerprint density at radius 3 is 2.57 bits per heavy atom. The minimum Gasteiger partial charge on any atom is -0.309 e. The second-order valence-corrected chi connectivity index (χ2v) is 3.98. The normalized spacial score (nSPS) is 24.9. The van der Waals surface area contributed by atoms with E-state index >= 15 is 0 Å². The van der Waals surface area contributed by atoms with Crippen LogP contribution >= 0.6 is 0 Å². The topological polar surface area (TPSA) is 20.3 Å². The quantitative estimate of drug-likeness (QED) is 0.614. The van der Waals surface area contributed by atoms with Gasteiger partial charge in [-0.3, -0.25) is 4.79 Å². The van der Waals surface area contributed by atoms with Crippen LogP contribution in [0.1, 0.15) is 32.3 Å². The van der Waals surface area contributed by atoms with Crippen LogP contribution in [-0.4, -0.2) is 11.9 Å². The number of benzene rings is 1. The summed E-state index contributed by atoms with van der Waals surface area (Å²) in [4.78, 5) is 13.4. The lowest BCUT2D eigenvalue weighted by molar-refractivity contribution is -0.116. The molecular formula is C12H15NO. The lowest BCUT2D eigenvalue weighted by atomic mass is 9.98. The first-order valence-corrected chi connectivity index (χ1v) is 5.01. The molecule has 1 aliphatic rings. The molecule has 1 aromatic carbocycles. The Morgan fingerprint density at radius 1 is 1.29 bits per heavy atom. The summed E-state index contributed by atoms with van der Waals surface area (Å²) in [7, 11) is 0. The molecular weight excluding hydrogens is 174 g/mol. The predicted molar refractivity (Wildman–Crippen MR) is 57.5 cm³/mol. The van der Waals surface area contributed by atoms with E-state index in [4.69, 9.17) is 0 Å². The van der Waals surface area contributed by atoms with Gasteiger partial charge in [-0.1, -0.05) is 25.1 Å². The Bertz CT molecular complexity index is 372. The lowest BCUT2D eigenvalue weighted by Gasteiger charge is -2.22. The van der Waals surface area contributed by atoms with Crippen molar-refractivity contribution in [2.45, 2.75) is 32.7 Å². The van der Waals surface area contributed by atoms with E-state index in [0.29, 0.717) is 5.92 Å². The Balaban J connectivity index is 2.53. The van der Waals surface area contributed by atoms with Gasteiger partial charge in [0.25, 0.3) is 0 Å². The molecule has 14 heavy (non-hydrogen) atoms. The number of hydrogen-bond donors (Lipinski definition) is 0. The fourth-order valence-corrected chi connectivity index (χ4v) is 2.25. The number of para-hydroxylation sites is 1. The summed E-state index contributed by atoms with van der Waals surface area (Å²) >= 11 is 0. The third-order valence-corrected chi connectivity index (χ3v) is 3.16. The van der Waals surface area contributed by atoms with Gasteiger partial charge >= 0.3 is 0 Å². The van der Waals surface area contributed by atoms with E-state index in [1.54, 1.807) is 6.92 Å². The van der Waals surface area contributed by atoms with Crippen LogP contribution < -0.4 is 4.90 Å². The van der Waals surface area contributed by atoms with Crippen LogP contribution in [-0.2, 0) is 4.79 Å². The Kier molecular flexibility index (Phi) is 2.06. The minimum absolute atomic E-state index is 0.134. The fraction of sp³-hybridized carbons (Fsp3) is 0.417. The number of carbonyl (C=O) groups is 1. The Morgan fingerprint density at radius 2 is 1.93 bits per heavy atom. The molecule has 74 valence electrons. The van der Waals surface area contributed by atoms with E-state index in [1.807, 2.05) is 23.1 Å². The van der Waals surface area contributed by atoms with E-state index in [2.05, 4.69) is 19.9 Å². The average molecular weight is 189 g/mol. The number of nitrogens with zero attached hydrogens (tertiary/aromatic N) is 1. The summed E-state index contributed by atoms with van der Waals surface area (Å²) in [6.45, 7) is 5.91. The van der Waals surface area contributed by atoms with E-state index in [1.165, 1.54) is 5.56 Å². The number of amides is 1.